The maximum absolute atomic E-state index is 5.95. The van der Waals surface area contributed by atoms with Gasteiger partial charge < -0.3 is 10.6 Å². The number of nitrogens with two attached hydrogens (primary N) is 1. The molecule has 0 aliphatic rings. The number of hydrogen-bond donors (Lipinski definition) is 1. The van der Waals surface area contributed by atoms with Crippen LogP contribution >= 0.6 is 0 Å². The molecule has 2 aromatic rings. The topological polar surface area (TPSA) is 47.1 Å². The van der Waals surface area contributed by atoms with E-state index in [-0.39, 0.29) is 6.04 Å². The first-order chi connectivity index (χ1) is 9.00. The van der Waals surface area contributed by atoms with Crippen molar-refractivity contribution in [2.75, 3.05) is 11.9 Å². The first-order valence-corrected chi connectivity index (χ1v) is 6.57. The van der Waals surface area contributed by atoms with Gasteiger partial charge >= 0.3 is 0 Å². The van der Waals surface area contributed by atoms with Crippen molar-refractivity contribution in [3.63, 3.8) is 0 Å². The molecule has 0 saturated heterocycles. The SMILES string of the molecule is Cc1nn(C)c(N(C)c2ccccc2)c1CC(C)N. The second kappa shape index (κ2) is 5.45. The molecule has 0 spiro atoms. The molecule has 0 aliphatic heterocycles. The molecule has 19 heavy (non-hydrogen) atoms. The average Bonchev–Trinajstić information content (AvgIpc) is 2.64. The number of hydrogen-bond acceptors (Lipinski definition) is 3. The van der Waals surface area contributed by atoms with E-state index in [1.165, 1.54) is 5.56 Å². The number of benzene rings is 1. The molecule has 4 nitrogen and oxygen atoms in total. The monoisotopic (exact) mass is 258 g/mol. The van der Waals surface area contributed by atoms with Gasteiger partial charge in [-0.25, -0.2) is 0 Å². The fourth-order valence-corrected chi connectivity index (χ4v) is 2.44. The Morgan fingerprint density at radius 3 is 2.53 bits per heavy atom. The molecule has 2 rings (SSSR count). The number of para-hydroxylation sites is 1. The van der Waals surface area contributed by atoms with Crippen LogP contribution in [0.2, 0.25) is 0 Å². The lowest BCUT2D eigenvalue weighted by Crippen LogP contribution is -2.21. The number of aromatic nitrogens is 2. The van der Waals surface area contributed by atoms with Crippen molar-refractivity contribution in [2.45, 2.75) is 26.3 Å². The van der Waals surface area contributed by atoms with E-state index in [1.807, 2.05) is 43.8 Å². The van der Waals surface area contributed by atoms with Gasteiger partial charge in [0.15, 0.2) is 0 Å². The fraction of sp³-hybridized carbons (Fsp3) is 0.400. The zero-order valence-electron chi connectivity index (χ0n) is 12.1. The van der Waals surface area contributed by atoms with E-state index in [9.17, 15) is 0 Å². The molecule has 2 N–H and O–H groups in total. The van der Waals surface area contributed by atoms with Crippen LogP contribution in [0.4, 0.5) is 11.5 Å². The summed E-state index contributed by atoms with van der Waals surface area (Å²) in [6.07, 6.45) is 0.839. The maximum Gasteiger partial charge on any atom is 0.134 e. The molecule has 0 aliphatic carbocycles. The van der Waals surface area contributed by atoms with Crippen molar-refractivity contribution in [2.24, 2.45) is 12.8 Å². The molecule has 0 radical (unpaired) electrons. The van der Waals surface area contributed by atoms with Gasteiger partial charge in [-0.2, -0.15) is 5.10 Å². The minimum absolute atomic E-state index is 0.130. The highest BCUT2D eigenvalue weighted by atomic mass is 15.4. The van der Waals surface area contributed by atoms with E-state index in [0.717, 1.165) is 23.6 Å². The van der Waals surface area contributed by atoms with E-state index in [1.54, 1.807) is 0 Å². The Labute approximate surface area is 114 Å². The van der Waals surface area contributed by atoms with Gasteiger partial charge in [0.1, 0.15) is 5.82 Å². The molecule has 1 aromatic carbocycles. The summed E-state index contributed by atoms with van der Waals surface area (Å²) in [6, 6.07) is 10.4. The minimum atomic E-state index is 0.130. The van der Waals surface area contributed by atoms with Crippen molar-refractivity contribution in [1.82, 2.24) is 9.78 Å². The first-order valence-electron chi connectivity index (χ1n) is 6.57. The van der Waals surface area contributed by atoms with Crippen molar-refractivity contribution < 1.29 is 0 Å². The van der Waals surface area contributed by atoms with Crippen LogP contribution in [-0.4, -0.2) is 22.9 Å². The molecule has 102 valence electrons. The Morgan fingerprint density at radius 2 is 1.95 bits per heavy atom. The van der Waals surface area contributed by atoms with E-state index in [2.05, 4.69) is 29.2 Å². The lowest BCUT2D eigenvalue weighted by Gasteiger charge is -2.21. The smallest absolute Gasteiger partial charge is 0.134 e. The van der Waals surface area contributed by atoms with Crippen LogP contribution < -0.4 is 10.6 Å². The quantitative estimate of drug-likeness (QED) is 0.916. The molecule has 1 aromatic heterocycles. The number of nitrogens with zero attached hydrogens (tertiary/aromatic N) is 3. The third kappa shape index (κ3) is 2.79. The predicted octanol–water partition coefficient (Wildman–Crippen LogP) is 2.39. The highest BCUT2D eigenvalue weighted by molar-refractivity contribution is 5.63. The molecule has 0 amide bonds. The third-order valence-corrected chi connectivity index (χ3v) is 3.30. The van der Waals surface area contributed by atoms with Crippen molar-refractivity contribution in [1.29, 1.82) is 0 Å². The Bertz CT molecular complexity index is 543. The van der Waals surface area contributed by atoms with Gasteiger partial charge in [0.2, 0.25) is 0 Å². The predicted molar refractivity (Wildman–Crippen MR) is 79.8 cm³/mol. The Morgan fingerprint density at radius 1 is 1.32 bits per heavy atom. The van der Waals surface area contributed by atoms with Crippen LogP contribution in [0.5, 0.6) is 0 Å². The summed E-state index contributed by atoms with van der Waals surface area (Å²) in [4.78, 5) is 2.16. The van der Waals surface area contributed by atoms with E-state index in [0.29, 0.717) is 0 Å². The van der Waals surface area contributed by atoms with Gasteiger partial charge in [-0.3, -0.25) is 4.68 Å². The molecule has 0 bridgehead atoms. The average molecular weight is 258 g/mol. The molecule has 1 heterocycles. The summed E-state index contributed by atoms with van der Waals surface area (Å²) in [5.41, 5.74) is 9.38. The Hall–Kier alpha value is -1.81. The van der Waals surface area contributed by atoms with Gasteiger partial charge in [0.25, 0.3) is 0 Å². The van der Waals surface area contributed by atoms with Gasteiger partial charge in [0.05, 0.1) is 5.69 Å². The summed E-state index contributed by atoms with van der Waals surface area (Å²) in [6.45, 7) is 4.07. The Balaban J connectivity index is 2.44. The largest absolute Gasteiger partial charge is 0.329 e. The number of rotatable bonds is 4. The molecule has 1 atom stereocenters. The second-order valence-corrected chi connectivity index (χ2v) is 5.09. The van der Waals surface area contributed by atoms with Gasteiger partial charge in [-0.1, -0.05) is 18.2 Å². The second-order valence-electron chi connectivity index (χ2n) is 5.09. The standard InChI is InChI=1S/C15H22N4/c1-11(16)10-14-12(2)17-19(4)15(14)18(3)13-8-6-5-7-9-13/h5-9,11H,10,16H2,1-4H3. The van der Waals surface area contributed by atoms with Crippen LogP contribution in [0.1, 0.15) is 18.2 Å². The van der Waals surface area contributed by atoms with Crippen molar-refractivity contribution in [3.8, 4) is 0 Å². The van der Waals surface area contributed by atoms with Crippen molar-refractivity contribution in [3.05, 3.63) is 41.6 Å². The summed E-state index contributed by atoms with van der Waals surface area (Å²) >= 11 is 0. The van der Waals surface area contributed by atoms with Crippen LogP contribution in [0.15, 0.2) is 30.3 Å². The molecular formula is C15H22N4. The molecule has 0 saturated carbocycles. The van der Waals surface area contributed by atoms with Crippen LogP contribution in [0.3, 0.4) is 0 Å². The molecule has 0 fully saturated rings. The van der Waals surface area contributed by atoms with E-state index in [4.69, 9.17) is 5.73 Å². The van der Waals surface area contributed by atoms with Gasteiger partial charge in [0, 0.05) is 31.4 Å². The first kappa shape index (κ1) is 13.6. The molecular weight excluding hydrogens is 236 g/mol. The lowest BCUT2D eigenvalue weighted by molar-refractivity contribution is 0.731. The zero-order chi connectivity index (χ0) is 14.0. The number of anilines is 2. The van der Waals surface area contributed by atoms with E-state index < -0.39 is 0 Å². The normalized spacial score (nSPS) is 12.5. The summed E-state index contributed by atoms with van der Waals surface area (Å²) < 4.78 is 1.93. The molecule has 4 heteroatoms. The lowest BCUT2D eigenvalue weighted by atomic mass is 10.1. The summed E-state index contributed by atoms with van der Waals surface area (Å²) in [5, 5.41) is 4.53. The highest BCUT2D eigenvalue weighted by Gasteiger charge is 2.18. The third-order valence-electron chi connectivity index (χ3n) is 3.30. The van der Waals surface area contributed by atoms with Crippen LogP contribution in [-0.2, 0) is 13.5 Å². The minimum Gasteiger partial charge on any atom is -0.329 e. The summed E-state index contributed by atoms with van der Waals surface area (Å²) in [5.74, 6) is 1.11. The van der Waals surface area contributed by atoms with Crippen molar-refractivity contribution >= 4 is 11.5 Å². The van der Waals surface area contributed by atoms with Gasteiger partial charge in [-0.15, -0.1) is 0 Å². The number of aryl methyl sites for hydroxylation is 2. The Kier molecular flexibility index (Phi) is 3.90. The fourth-order valence-electron chi connectivity index (χ4n) is 2.44. The zero-order valence-corrected chi connectivity index (χ0v) is 12.1. The van der Waals surface area contributed by atoms with E-state index >= 15 is 0 Å². The molecule has 1 unspecified atom stereocenters. The maximum atomic E-state index is 5.95. The summed E-state index contributed by atoms with van der Waals surface area (Å²) in [7, 11) is 4.04. The van der Waals surface area contributed by atoms with Crippen LogP contribution in [0.25, 0.3) is 0 Å². The van der Waals surface area contributed by atoms with Crippen LogP contribution in [0, 0.1) is 6.92 Å². The van der Waals surface area contributed by atoms with Gasteiger partial charge in [-0.05, 0) is 32.4 Å². The highest BCUT2D eigenvalue weighted by Crippen LogP contribution is 2.29.